The number of carbonyl (C=O) groups is 1. The van der Waals surface area contributed by atoms with Gasteiger partial charge in [0.2, 0.25) is 5.91 Å². The van der Waals surface area contributed by atoms with Crippen LogP contribution in [0.5, 0.6) is 0 Å². The molecule has 0 aliphatic rings. The van der Waals surface area contributed by atoms with Crippen LogP contribution >= 0.6 is 0 Å². The average molecular weight is 282 g/mol. The standard InChI is InChI=1S/C15H23FN2O2/c1-15(2,3)18-14(20)8-9-17-10-13(19)11-6-4-5-7-12(11)16/h4-7,13,17,19H,8-10H2,1-3H3,(H,18,20). The van der Waals surface area contributed by atoms with Gasteiger partial charge in [-0.3, -0.25) is 4.79 Å². The molecule has 0 radical (unpaired) electrons. The van der Waals surface area contributed by atoms with E-state index in [1.165, 1.54) is 6.07 Å². The smallest absolute Gasteiger partial charge is 0.221 e. The molecule has 1 unspecified atom stereocenters. The first-order valence-corrected chi connectivity index (χ1v) is 6.74. The van der Waals surface area contributed by atoms with Crippen LogP contribution in [0.15, 0.2) is 24.3 Å². The quantitative estimate of drug-likeness (QED) is 0.697. The van der Waals surface area contributed by atoms with Gasteiger partial charge in [0.25, 0.3) is 0 Å². The van der Waals surface area contributed by atoms with E-state index >= 15 is 0 Å². The molecule has 0 spiro atoms. The summed E-state index contributed by atoms with van der Waals surface area (Å²) < 4.78 is 13.4. The Kier molecular flexibility index (Phi) is 6.10. The van der Waals surface area contributed by atoms with Crippen LogP contribution in [0.2, 0.25) is 0 Å². The molecule has 1 rings (SSSR count). The number of benzene rings is 1. The molecule has 1 atom stereocenters. The lowest BCUT2D eigenvalue weighted by molar-refractivity contribution is -0.122. The molecule has 0 fully saturated rings. The number of hydrogen-bond acceptors (Lipinski definition) is 3. The Bertz CT molecular complexity index is 444. The fourth-order valence-corrected chi connectivity index (χ4v) is 1.78. The van der Waals surface area contributed by atoms with Gasteiger partial charge in [-0.2, -0.15) is 0 Å². The molecule has 0 heterocycles. The summed E-state index contributed by atoms with van der Waals surface area (Å²) in [5, 5.41) is 15.6. The van der Waals surface area contributed by atoms with E-state index in [-0.39, 0.29) is 23.6 Å². The Hall–Kier alpha value is -1.46. The van der Waals surface area contributed by atoms with Gasteiger partial charge in [-0.15, -0.1) is 0 Å². The molecule has 0 aliphatic heterocycles. The Morgan fingerprint density at radius 1 is 1.35 bits per heavy atom. The number of rotatable bonds is 6. The lowest BCUT2D eigenvalue weighted by atomic mass is 10.1. The first-order valence-electron chi connectivity index (χ1n) is 6.74. The van der Waals surface area contributed by atoms with Crippen LogP contribution in [0.25, 0.3) is 0 Å². The van der Waals surface area contributed by atoms with Crippen LogP contribution in [0.3, 0.4) is 0 Å². The van der Waals surface area contributed by atoms with Crippen LogP contribution < -0.4 is 10.6 Å². The zero-order valence-corrected chi connectivity index (χ0v) is 12.2. The molecule has 3 N–H and O–H groups in total. The summed E-state index contributed by atoms with van der Waals surface area (Å²) in [5.74, 6) is -0.474. The third-order valence-electron chi connectivity index (χ3n) is 2.65. The summed E-state index contributed by atoms with van der Waals surface area (Å²) in [6.45, 7) is 6.40. The normalized spacial score (nSPS) is 13.1. The monoisotopic (exact) mass is 282 g/mol. The minimum absolute atomic E-state index is 0.0506. The van der Waals surface area contributed by atoms with Gasteiger partial charge in [-0.05, 0) is 26.8 Å². The van der Waals surface area contributed by atoms with Crippen molar-refractivity contribution in [1.82, 2.24) is 10.6 Å². The molecule has 0 bridgehead atoms. The van der Waals surface area contributed by atoms with Crippen molar-refractivity contribution in [1.29, 1.82) is 0 Å². The number of halogens is 1. The van der Waals surface area contributed by atoms with Gasteiger partial charge in [0.15, 0.2) is 0 Å². The minimum Gasteiger partial charge on any atom is -0.387 e. The summed E-state index contributed by atoms with van der Waals surface area (Å²) in [7, 11) is 0. The molecule has 0 saturated carbocycles. The van der Waals surface area contributed by atoms with Gasteiger partial charge in [0.05, 0.1) is 6.10 Å². The highest BCUT2D eigenvalue weighted by Crippen LogP contribution is 2.15. The summed E-state index contributed by atoms with van der Waals surface area (Å²) in [6, 6.07) is 6.12. The van der Waals surface area contributed by atoms with Gasteiger partial charge in [0.1, 0.15) is 5.82 Å². The maximum absolute atomic E-state index is 13.4. The molecule has 5 heteroatoms. The van der Waals surface area contributed by atoms with E-state index < -0.39 is 11.9 Å². The van der Waals surface area contributed by atoms with E-state index in [1.54, 1.807) is 18.2 Å². The van der Waals surface area contributed by atoms with Crippen molar-refractivity contribution in [2.24, 2.45) is 0 Å². The highest BCUT2D eigenvalue weighted by atomic mass is 19.1. The van der Waals surface area contributed by atoms with Gasteiger partial charge in [-0.25, -0.2) is 4.39 Å². The molecule has 0 aromatic heterocycles. The largest absolute Gasteiger partial charge is 0.387 e. The van der Waals surface area contributed by atoms with E-state index in [2.05, 4.69) is 10.6 Å². The van der Waals surface area contributed by atoms with E-state index in [9.17, 15) is 14.3 Å². The molecule has 0 saturated heterocycles. The topological polar surface area (TPSA) is 61.4 Å². The summed E-state index contributed by atoms with van der Waals surface area (Å²) in [4.78, 5) is 11.6. The predicted molar refractivity (Wildman–Crippen MR) is 76.7 cm³/mol. The van der Waals surface area contributed by atoms with Crippen molar-refractivity contribution in [2.45, 2.75) is 38.8 Å². The Labute approximate surface area is 119 Å². The first-order chi connectivity index (χ1) is 9.29. The van der Waals surface area contributed by atoms with Gasteiger partial charge < -0.3 is 15.7 Å². The fraction of sp³-hybridized carbons (Fsp3) is 0.533. The van der Waals surface area contributed by atoms with Crippen molar-refractivity contribution in [3.05, 3.63) is 35.6 Å². The second-order valence-corrected chi connectivity index (χ2v) is 5.79. The van der Waals surface area contributed by atoms with Crippen LogP contribution in [0, 0.1) is 5.82 Å². The molecule has 1 amide bonds. The van der Waals surface area contributed by atoms with E-state index in [4.69, 9.17) is 0 Å². The third-order valence-corrected chi connectivity index (χ3v) is 2.65. The van der Waals surface area contributed by atoms with E-state index in [0.29, 0.717) is 13.0 Å². The predicted octanol–water partition coefficient (Wildman–Crippen LogP) is 1.75. The highest BCUT2D eigenvalue weighted by Gasteiger charge is 2.14. The van der Waals surface area contributed by atoms with Gasteiger partial charge in [0, 0.05) is 30.6 Å². The maximum atomic E-state index is 13.4. The van der Waals surface area contributed by atoms with Gasteiger partial charge in [-0.1, -0.05) is 18.2 Å². The molecule has 0 aliphatic carbocycles. The molecule has 1 aromatic rings. The minimum atomic E-state index is -0.915. The van der Waals surface area contributed by atoms with Crippen molar-refractivity contribution >= 4 is 5.91 Å². The van der Waals surface area contributed by atoms with Gasteiger partial charge >= 0.3 is 0 Å². The molecule has 1 aromatic carbocycles. The Morgan fingerprint density at radius 2 is 2.00 bits per heavy atom. The number of amides is 1. The zero-order chi connectivity index (χ0) is 15.2. The number of hydrogen-bond donors (Lipinski definition) is 3. The van der Waals surface area contributed by atoms with Crippen LogP contribution in [0.1, 0.15) is 38.9 Å². The summed E-state index contributed by atoms with van der Waals surface area (Å²) in [6.07, 6.45) is -0.594. The third kappa shape index (κ3) is 6.12. The maximum Gasteiger partial charge on any atom is 0.221 e. The lowest BCUT2D eigenvalue weighted by Gasteiger charge is -2.20. The lowest BCUT2D eigenvalue weighted by Crippen LogP contribution is -2.41. The highest BCUT2D eigenvalue weighted by molar-refractivity contribution is 5.76. The van der Waals surface area contributed by atoms with E-state index in [1.807, 2.05) is 20.8 Å². The van der Waals surface area contributed by atoms with Crippen molar-refractivity contribution in [3.8, 4) is 0 Å². The number of carbonyl (C=O) groups excluding carboxylic acids is 1. The molecular weight excluding hydrogens is 259 g/mol. The average Bonchev–Trinajstić information content (AvgIpc) is 2.33. The molecule has 112 valence electrons. The Morgan fingerprint density at radius 3 is 2.60 bits per heavy atom. The zero-order valence-electron chi connectivity index (χ0n) is 12.2. The van der Waals surface area contributed by atoms with Crippen molar-refractivity contribution < 1.29 is 14.3 Å². The van der Waals surface area contributed by atoms with E-state index in [0.717, 1.165) is 0 Å². The number of aliphatic hydroxyl groups excluding tert-OH is 1. The fourth-order valence-electron chi connectivity index (χ4n) is 1.78. The van der Waals surface area contributed by atoms with Crippen molar-refractivity contribution in [2.75, 3.05) is 13.1 Å². The van der Waals surface area contributed by atoms with Crippen LogP contribution in [0.4, 0.5) is 4.39 Å². The van der Waals surface area contributed by atoms with Crippen LogP contribution in [-0.4, -0.2) is 29.6 Å². The summed E-state index contributed by atoms with van der Waals surface area (Å²) in [5.41, 5.74) is 0.0168. The van der Waals surface area contributed by atoms with Crippen LogP contribution in [-0.2, 0) is 4.79 Å². The SMILES string of the molecule is CC(C)(C)NC(=O)CCNCC(O)c1ccccc1F. The number of aliphatic hydroxyl groups is 1. The number of nitrogens with one attached hydrogen (secondary N) is 2. The second kappa shape index (κ2) is 7.36. The second-order valence-electron chi connectivity index (χ2n) is 5.79. The summed E-state index contributed by atoms with van der Waals surface area (Å²) >= 11 is 0. The molecule has 4 nitrogen and oxygen atoms in total. The molecule has 20 heavy (non-hydrogen) atoms. The first kappa shape index (κ1) is 16.6. The molecular formula is C15H23FN2O2. The Balaban J connectivity index is 2.28. The van der Waals surface area contributed by atoms with Crippen molar-refractivity contribution in [3.63, 3.8) is 0 Å².